The molecular formula is C47H59ClFN9O7S. The molecule has 1 aliphatic carbocycles. The topological polar surface area (TPSA) is 200 Å². The number of anilines is 3. The Morgan fingerprint density at radius 2 is 1.83 bits per heavy atom. The molecular weight excluding hydrogens is 889 g/mol. The minimum Gasteiger partial charge on any atom is -0.495 e. The number of ether oxygens (including phenoxy) is 2. The molecule has 2 aliphatic heterocycles. The molecule has 4 aromatic rings. The number of aryl methyl sites for hydroxylation is 1. The Morgan fingerprint density at radius 3 is 2.50 bits per heavy atom. The molecule has 3 aliphatic rings. The number of rotatable bonds is 17. The van der Waals surface area contributed by atoms with Crippen molar-refractivity contribution >= 4 is 64.0 Å². The first-order valence-electron chi connectivity index (χ1n) is 22.3. The molecule has 5 N–H and O–H groups in total. The number of aliphatic hydroxyl groups is 1. The quantitative estimate of drug-likeness (QED) is 0.0705. The molecule has 0 bridgehead atoms. The number of hydrogen-bond donors (Lipinski definition) is 5. The van der Waals surface area contributed by atoms with Crippen molar-refractivity contribution in [3.8, 4) is 21.9 Å². The zero-order valence-corrected chi connectivity index (χ0v) is 39.8. The average molecular weight is 949 g/mol. The van der Waals surface area contributed by atoms with Gasteiger partial charge in [0.05, 0.1) is 47.8 Å². The largest absolute Gasteiger partial charge is 0.495 e. The van der Waals surface area contributed by atoms with Gasteiger partial charge in [0.2, 0.25) is 17.8 Å². The molecule has 1 saturated carbocycles. The second kappa shape index (κ2) is 20.5. The summed E-state index contributed by atoms with van der Waals surface area (Å²) >= 11 is 7.66. The number of amides is 4. The van der Waals surface area contributed by atoms with Gasteiger partial charge in [-0.3, -0.25) is 19.2 Å². The molecule has 3 fully saturated rings. The summed E-state index contributed by atoms with van der Waals surface area (Å²) in [5, 5.41) is 22.7. The number of β-amino-alcohol motifs (C(OH)–C–C–N with tert-alkyl or cyclic N) is 1. The molecule has 16 nitrogen and oxygen atoms in total. The fraction of sp³-hybridized carbons (Fsp3) is 0.511. The Labute approximate surface area is 393 Å². The molecule has 1 unspecified atom stereocenters. The van der Waals surface area contributed by atoms with E-state index in [4.69, 9.17) is 21.1 Å². The van der Waals surface area contributed by atoms with E-state index in [2.05, 4.69) is 36.2 Å². The van der Waals surface area contributed by atoms with E-state index in [1.54, 1.807) is 58.6 Å². The second-order valence-corrected chi connectivity index (χ2v) is 19.6. The minimum atomic E-state index is -1.97. The van der Waals surface area contributed by atoms with E-state index < -0.39 is 47.0 Å². The molecule has 354 valence electrons. The van der Waals surface area contributed by atoms with E-state index >= 15 is 0 Å². The molecule has 4 amide bonds. The molecule has 2 saturated heterocycles. The van der Waals surface area contributed by atoms with E-state index in [1.165, 1.54) is 22.4 Å². The smallest absolute Gasteiger partial charge is 0.258 e. The van der Waals surface area contributed by atoms with Gasteiger partial charge in [0, 0.05) is 50.8 Å². The molecule has 2 aromatic carbocycles. The van der Waals surface area contributed by atoms with Crippen molar-refractivity contribution in [1.29, 1.82) is 0 Å². The Bertz CT molecular complexity index is 2420. The number of piperidine rings is 1. The number of thiazole rings is 1. The summed E-state index contributed by atoms with van der Waals surface area (Å²) in [4.78, 5) is 71.3. The number of halogens is 2. The fourth-order valence-corrected chi connectivity index (χ4v) is 9.37. The van der Waals surface area contributed by atoms with Crippen LogP contribution in [0.4, 0.5) is 21.8 Å². The molecule has 19 heteroatoms. The third-order valence-corrected chi connectivity index (χ3v) is 13.7. The number of carbonyl (C=O) groups excluding carboxylic acids is 4. The minimum absolute atomic E-state index is 0.0231. The normalized spacial score (nSPS) is 18.6. The maximum Gasteiger partial charge on any atom is 0.258 e. The Hall–Kier alpha value is -5.59. The van der Waals surface area contributed by atoms with Crippen molar-refractivity contribution in [2.75, 3.05) is 51.0 Å². The molecule has 4 heterocycles. The number of alkyl halides is 1. The van der Waals surface area contributed by atoms with Crippen LogP contribution in [0.5, 0.6) is 11.5 Å². The van der Waals surface area contributed by atoms with Gasteiger partial charge in [-0.05, 0) is 86.6 Å². The van der Waals surface area contributed by atoms with Crippen LogP contribution in [-0.2, 0) is 20.9 Å². The first-order chi connectivity index (χ1) is 31.5. The number of benzene rings is 2. The predicted molar refractivity (Wildman–Crippen MR) is 251 cm³/mol. The van der Waals surface area contributed by atoms with Gasteiger partial charge in [-0.15, -0.1) is 11.3 Å². The summed E-state index contributed by atoms with van der Waals surface area (Å²) < 4.78 is 26.7. The van der Waals surface area contributed by atoms with Crippen LogP contribution in [0.25, 0.3) is 10.4 Å². The lowest BCUT2D eigenvalue weighted by atomic mass is 9.85. The van der Waals surface area contributed by atoms with Crippen LogP contribution in [0.15, 0.2) is 48.1 Å². The van der Waals surface area contributed by atoms with Crippen LogP contribution in [0, 0.1) is 18.3 Å². The van der Waals surface area contributed by atoms with Gasteiger partial charge >= 0.3 is 0 Å². The summed E-state index contributed by atoms with van der Waals surface area (Å²) in [7, 11) is 3.26. The highest BCUT2D eigenvalue weighted by atomic mass is 35.5. The van der Waals surface area contributed by atoms with E-state index in [9.17, 15) is 28.7 Å². The lowest BCUT2D eigenvalue weighted by Gasteiger charge is -2.35. The standard InChI is InChI=1S/C47H59ClFN9O7S/c1-27-38(66-26-53-27)29-9-10-31(23-51-41(60)35-22-32(59)25-58(35)43(62)39(46(2,3)4)55-44(63)47(49)15-16-47)36(20-29)65-19-7-8-28-13-17-57(18-14-28)42(61)30-11-12-34(37(21-30)64-6)54-45-52-24-33(48)40(50-5)56-45/h9-12,20-21,24,26,28,32,35,39,59H,7-8,13-19,22-23,25H2,1-6H3,(H,51,60)(H,55,63)(H2,50,52,54,56)/t32-,35+,39?/m1/s1. The summed E-state index contributed by atoms with van der Waals surface area (Å²) in [5.41, 5.74) is 2.72. The van der Waals surface area contributed by atoms with Crippen LogP contribution in [0.1, 0.15) is 87.3 Å². The van der Waals surface area contributed by atoms with Gasteiger partial charge in [0.25, 0.3) is 11.8 Å². The lowest BCUT2D eigenvalue weighted by Crippen LogP contribution is -2.59. The summed E-state index contributed by atoms with van der Waals surface area (Å²) in [6.45, 7) is 8.93. The Morgan fingerprint density at radius 1 is 1.08 bits per heavy atom. The molecule has 0 spiro atoms. The zero-order valence-electron chi connectivity index (χ0n) is 38.2. The van der Waals surface area contributed by atoms with Crippen LogP contribution >= 0.6 is 22.9 Å². The highest BCUT2D eigenvalue weighted by Crippen LogP contribution is 2.41. The Balaban J connectivity index is 0.934. The number of hydrogen-bond acceptors (Lipinski definition) is 13. The van der Waals surface area contributed by atoms with Crippen molar-refractivity contribution in [2.24, 2.45) is 11.3 Å². The van der Waals surface area contributed by atoms with E-state index in [0.29, 0.717) is 65.2 Å². The van der Waals surface area contributed by atoms with Crippen LogP contribution in [0.2, 0.25) is 5.02 Å². The number of carbonyl (C=O) groups is 4. The fourth-order valence-electron chi connectivity index (χ4n) is 8.39. The van der Waals surface area contributed by atoms with Gasteiger partial charge in [-0.25, -0.2) is 14.4 Å². The number of methoxy groups -OCH3 is 1. The summed E-state index contributed by atoms with van der Waals surface area (Å²) in [6, 6.07) is 8.99. The highest BCUT2D eigenvalue weighted by Gasteiger charge is 2.53. The van der Waals surface area contributed by atoms with E-state index in [-0.39, 0.29) is 38.3 Å². The third kappa shape index (κ3) is 11.3. The van der Waals surface area contributed by atoms with E-state index in [0.717, 1.165) is 47.4 Å². The molecule has 2 aromatic heterocycles. The van der Waals surface area contributed by atoms with Gasteiger partial charge in [0.15, 0.2) is 5.67 Å². The Kier molecular flexibility index (Phi) is 15.0. The molecule has 3 atom stereocenters. The summed E-state index contributed by atoms with van der Waals surface area (Å²) in [6.07, 6.45) is 4.19. The van der Waals surface area contributed by atoms with Crippen LogP contribution in [0.3, 0.4) is 0 Å². The van der Waals surface area contributed by atoms with Gasteiger partial charge < -0.3 is 45.6 Å². The van der Waals surface area contributed by atoms with Crippen molar-refractivity contribution in [3.05, 3.63) is 69.9 Å². The maximum absolute atomic E-state index is 14.7. The maximum atomic E-state index is 14.7. The number of nitrogens with zero attached hydrogens (tertiary/aromatic N) is 5. The molecule has 66 heavy (non-hydrogen) atoms. The van der Waals surface area contributed by atoms with Crippen molar-refractivity contribution in [1.82, 2.24) is 35.4 Å². The second-order valence-electron chi connectivity index (χ2n) is 18.3. The van der Waals surface area contributed by atoms with Crippen molar-refractivity contribution < 1.29 is 38.1 Å². The number of aromatic nitrogens is 3. The van der Waals surface area contributed by atoms with E-state index in [1.807, 2.05) is 30.0 Å². The highest BCUT2D eigenvalue weighted by molar-refractivity contribution is 7.13. The number of nitrogens with one attached hydrogen (secondary N) is 4. The predicted octanol–water partition coefficient (Wildman–Crippen LogP) is 6.68. The van der Waals surface area contributed by atoms with Crippen LogP contribution in [-0.4, -0.2) is 118 Å². The SMILES string of the molecule is CNc1nc(Nc2ccc(C(=O)N3CCC(CCCOc4cc(-c5scnc5C)ccc4CNC(=O)[C@@H]4C[C@@H](O)CN4C(=O)C(NC(=O)C4(F)CC4)C(C)(C)C)CC3)cc2OC)ncc1Cl. The third-order valence-electron chi connectivity index (χ3n) is 12.5. The van der Waals surface area contributed by atoms with Crippen molar-refractivity contribution in [2.45, 2.75) is 103 Å². The lowest BCUT2D eigenvalue weighted by molar-refractivity contribution is -0.145. The van der Waals surface area contributed by atoms with Crippen molar-refractivity contribution in [3.63, 3.8) is 0 Å². The van der Waals surface area contributed by atoms with Gasteiger partial charge in [-0.2, -0.15) is 4.98 Å². The van der Waals surface area contributed by atoms with Gasteiger partial charge in [-0.1, -0.05) is 44.5 Å². The average Bonchev–Trinajstić information content (AvgIpc) is 3.71. The van der Waals surface area contributed by atoms with Gasteiger partial charge in [0.1, 0.15) is 34.4 Å². The molecule has 0 radical (unpaired) electrons. The first kappa shape index (κ1) is 48.3. The van der Waals surface area contributed by atoms with Crippen LogP contribution < -0.4 is 30.7 Å². The number of likely N-dealkylation sites (tertiary alicyclic amines) is 2. The zero-order chi connectivity index (χ0) is 47.3. The number of aliphatic hydroxyl groups excluding tert-OH is 1. The first-order valence-corrected chi connectivity index (χ1v) is 23.6. The monoisotopic (exact) mass is 947 g/mol. The summed E-state index contributed by atoms with van der Waals surface area (Å²) in [5.74, 6) is 0.405. The molecule has 7 rings (SSSR count).